The van der Waals surface area contributed by atoms with Crippen LogP contribution in [0.15, 0.2) is 41.1 Å². The van der Waals surface area contributed by atoms with Crippen LogP contribution in [0.1, 0.15) is 32.8 Å². The number of hydrogen-bond acceptors (Lipinski definition) is 6. The van der Waals surface area contributed by atoms with E-state index < -0.39 is 23.7 Å². The molecule has 0 atom stereocenters. The number of thiophene rings is 1. The molecule has 0 aliphatic heterocycles. The van der Waals surface area contributed by atoms with Crippen molar-refractivity contribution in [1.29, 1.82) is 0 Å². The van der Waals surface area contributed by atoms with Crippen LogP contribution in [0.25, 0.3) is 21.5 Å². The fourth-order valence-corrected chi connectivity index (χ4v) is 4.12. The van der Waals surface area contributed by atoms with Gasteiger partial charge in [-0.3, -0.25) is 14.3 Å². The summed E-state index contributed by atoms with van der Waals surface area (Å²) in [7, 11) is 0. The Morgan fingerprint density at radius 3 is 2.71 bits per heavy atom. The molecule has 0 bridgehead atoms. The van der Waals surface area contributed by atoms with Crippen LogP contribution in [0, 0.1) is 0 Å². The monoisotopic (exact) mass is 449 g/mol. The maximum atomic E-state index is 13.4. The van der Waals surface area contributed by atoms with Crippen LogP contribution in [0.3, 0.4) is 0 Å². The van der Waals surface area contributed by atoms with Crippen molar-refractivity contribution < 1.29 is 27.2 Å². The second kappa shape index (κ2) is 7.54. The van der Waals surface area contributed by atoms with Crippen LogP contribution in [0.5, 0.6) is 0 Å². The molecule has 4 aromatic rings. The van der Waals surface area contributed by atoms with E-state index in [1.807, 2.05) is 0 Å². The first-order valence-corrected chi connectivity index (χ1v) is 9.74. The third-order valence-corrected chi connectivity index (χ3v) is 5.55. The van der Waals surface area contributed by atoms with Gasteiger partial charge in [0, 0.05) is 23.7 Å². The molecule has 160 valence electrons. The molecule has 2 amide bonds. The van der Waals surface area contributed by atoms with Crippen molar-refractivity contribution in [2.75, 3.05) is 5.32 Å². The number of furan rings is 1. The van der Waals surface area contributed by atoms with Crippen molar-refractivity contribution in [3.8, 4) is 11.3 Å². The number of nitrogens with zero attached hydrogens (tertiary/aromatic N) is 3. The number of aryl methyl sites for hydroxylation is 1. The molecule has 0 aliphatic carbocycles. The largest absolute Gasteiger partial charge is 0.464 e. The Labute approximate surface area is 176 Å². The lowest BCUT2D eigenvalue weighted by Crippen LogP contribution is -2.20. The topological polar surface area (TPSA) is 116 Å². The second-order valence-corrected chi connectivity index (χ2v) is 7.37. The minimum Gasteiger partial charge on any atom is -0.464 e. The van der Waals surface area contributed by atoms with Crippen molar-refractivity contribution in [3.63, 3.8) is 0 Å². The minimum absolute atomic E-state index is 0.0189. The molecule has 0 saturated carbocycles. The fourth-order valence-electron chi connectivity index (χ4n) is 3.12. The second-order valence-electron chi connectivity index (χ2n) is 6.37. The molecule has 0 spiro atoms. The molecule has 0 aromatic carbocycles. The Kier molecular flexibility index (Phi) is 5.01. The number of alkyl halides is 3. The fraction of sp³-hybridized carbons (Fsp3) is 0.158. The van der Waals surface area contributed by atoms with Gasteiger partial charge in [-0.05, 0) is 31.2 Å². The van der Waals surface area contributed by atoms with E-state index in [0.29, 0.717) is 17.9 Å². The van der Waals surface area contributed by atoms with E-state index >= 15 is 0 Å². The minimum atomic E-state index is -4.73. The number of primary amides is 1. The standard InChI is InChI=1S/C19H14F3N5O3S/c1-2-27-10(5-6-24-27)17(29)26-14-13-9(11-4-3-7-30-11)8-12(19(20,21)22)25-18(13)31-15(14)16(23)28/h3-8H,2H2,1H3,(H2,23,28)(H,26,29). The number of carbonyl (C=O) groups excluding carboxylic acids is 2. The van der Waals surface area contributed by atoms with Gasteiger partial charge in [0.1, 0.15) is 26.9 Å². The number of amides is 2. The number of pyridine rings is 1. The molecule has 8 nitrogen and oxygen atoms in total. The number of anilines is 1. The molecule has 3 N–H and O–H groups in total. The quantitative estimate of drug-likeness (QED) is 0.475. The van der Waals surface area contributed by atoms with Crippen molar-refractivity contribution >= 4 is 39.1 Å². The van der Waals surface area contributed by atoms with Gasteiger partial charge in [-0.1, -0.05) is 0 Å². The van der Waals surface area contributed by atoms with Gasteiger partial charge in [0.05, 0.1) is 12.0 Å². The Hall–Kier alpha value is -3.67. The van der Waals surface area contributed by atoms with Gasteiger partial charge in [0.2, 0.25) is 0 Å². The van der Waals surface area contributed by atoms with Gasteiger partial charge in [-0.25, -0.2) is 4.98 Å². The first-order valence-electron chi connectivity index (χ1n) is 8.92. The number of hydrogen-bond donors (Lipinski definition) is 2. The number of aromatic nitrogens is 3. The summed E-state index contributed by atoms with van der Waals surface area (Å²) in [5, 5.41) is 6.74. The van der Waals surface area contributed by atoms with E-state index in [1.54, 1.807) is 6.92 Å². The Morgan fingerprint density at radius 2 is 2.10 bits per heavy atom. The van der Waals surface area contributed by atoms with Gasteiger partial charge in [-0.15, -0.1) is 11.3 Å². The number of nitrogens with two attached hydrogens (primary N) is 1. The van der Waals surface area contributed by atoms with Crippen molar-refractivity contribution in [2.45, 2.75) is 19.6 Å². The molecule has 0 saturated heterocycles. The Balaban J connectivity index is 1.96. The van der Waals surface area contributed by atoms with Gasteiger partial charge in [0.25, 0.3) is 11.8 Å². The number of fused-ring (bicyclic) bond motifs is 1. The highest BCUT2D eigenvalue weighted by molar-refractivity contribution is 7.21. The van der Waals surface area contributed by atoms with Crippen LogP contribution >= 0.6 is 11.3 Å². The zero-order chi connectivity index (χ0) is 22.3. The van der Waals surface area contributed by atoms with Crippen molar-refractivity contribution in [3.05, 3.63) is 53.0 Å². The van der Waals surface area contributed by atoms with E-state index in [9.17, 15) is 22.8 Å². The van der Waals surface area contributed by atoms with Gasteiger partial charge >= 0.3 is 6.18 Å². The summed E-state index contributed by atoms with van der Waals surface area (Å²) in [5.41, 5.74) is 4.48. The maximum absolute atomic E-state index is 13.4. The highest BCUT2D eigenvalue weighted by Crippen LogP contribution is 2.43. The SMILES string of the molecule is CCn1nccc1C(=O)Nc1c(C(N)=O)sc2nc(C(F)(F)F)cc(-c3ccco3)c12. The maximum Gasteiger partial charge on any atom is 0.433 e. The van der Waals surface area contributed by atoms with Crippen LogP contribution in [-0.2, 0) is 12.7 Å². The first kappa shape index (κ1) is 20.6. The lowest BCUT2D eigenvalue weighted by atomic mass is 10.1. The predicted molar refractivity (Wildman–Crippen MR) is 107 cm³/mol. The molecule has 0 unspecified atom stereocenters. The zero-order valence-electron chi connectivity index (χ0n) is 15.9. The van der Waals surface area contributed by atoms with E-state index in [4.69, 9.17) is 10.2 Å². The summed E-state index contributed by atoms with van der Waals surface area (Å²) >= 11 is 0.658. The Bertz CT molecular complexity index is 1290. The molecule has 31 heavy (non-hydrogen) atoms. The highest BCUT2D eigenvalue weighted by Gasteiger charge is 2.35. The summed E-state index contributed by atoms with van der Waals surface area (Å²) in [6.45, 7) is 2.20. The molecule has 12 heteroatoms. The highest BCUT2D eigenvalue weighted by atomic mass is 32.1. The number of halogens is 3. The van der Waals surface area contributed by atoms with E-state index in [2.05, 4.69) is 15.4 Å². The lowest BCUT2D eigenvalue weighted by molar-refractivity contribution is -0.140. The van der Waals surface area contributed by atoms with Gasteiger partial charge in [-0.2, -0.15) is 18.3 Å². The third kappa shape index (κ3) is 3.65. The van der Waals surface area contributed by atoms with Crippen LogP contribution in [0.4, 0.5) is 18.9 Å². The van der Waals surface area contributed by atoms with Gasteiger partial charge in [0.15, 0.2) is 0 Å². The number of nitrogens with one attached hydrogen (secondary N) is 1. The molecule has 0 fully saturated rings. The molecule has 4 aromatic heterocycles. The average Bonchev–Trinajstić information content (AvgIpc) is 3.45. The summed E-state index contributed by atoms with van der Waals surface area (Å²) in [4.78, 5) is 28.3. The molecule has 0 aliphatic rings. The number of rotatable bonds is 5. The average molecular weight is 449 g/mol. The first-order chi connectivity index (χ1) is 14.7. The predicted octanol–water partition coefficient (Wildman–Crippen LogP) is 4.14. The smallest absolute Gasteiger partial charge is 0.433 e. The summed E-state index contributed by atoms with van der Waals surface area (Å²) < 4.78 is 47.0. The Morgan fingerprint density at radius 1 is 1.32 bits per heavy atom. The lowest BCUT2D eigenvalue weighted by Gasteiger charge is -2.11. The van der Waals surface area contributed by atoms with Gasteiger partial charge < -0.3 is 15.5 Å². The summed E-state index contributed by atoms with van der Waals surface area (Å²) in [6.07, 6.45) is -2.00. The summed E-state index contributed by atoms with van der Waals surface area (Å²) in [6, 6.07) is 5.26. The molecule has 0 radical (unpaired) electrons. The number of carbonyl (C=O) groups is 2. The van der Waals surface area contributed by atoms with E-state index in [1.165, 1.54) is 35.3 Å². The molecule has 4 rings (SSSR count). The zero-order valence-corrected chi connectivity index (χ0v) is 16.7. The third-order valence-electron chi connectivity index (χ3n) is 4.45. The molecule has 4 heterocycles. The van der Waals surface area contributed by atoms with Crippen LogP contribution in [0.2, 0.25) is 0 Å². The normalized spacial score (nSPS) is 11.7. The van der Waals surface area contributed by atoms with Crippen molar-refractivity contribution in [1.82, 2.24) is 14.8 Å². The van der Waals surface area contributed by atoms with E-state index in [-0.39, 0.29) is 37.8 Å². The van der Waals surface area contributed by atoms with Crippen LogP contribution in [-0.4, -0.2) is 26.6 Å². The molecular formula is C19H14F3N5O3S. The van der Waals surface area contributed by atoms with Crippen molar-refractivity contribution in [2.24, 2.45) is 5.73 Å². The van der Waals surface area contributed by atoms with Crippen LogP contribution < -0.4 is 11.1 Å². The molecular weight excluding hydrogens is 435 g/mol. The summed E-state index contributed by atoms with van der Waals surface area (Å²) in [5.74, 6) is -1.41. The van der Waals surface area contributed by atoms with E-state index in [0.717, 1.165) is 6.07 Å².